The fourth-order valence-electron chi connectivity index (χ4n) is 3.23. The third-order valence-corrected chi connectivity index (χ3v) is 5.59. The number of carbonyl (C=O) groups excluding carboxylic acids is 1. The van der Waals surface area contributed by atoms with Crippen molar-refractivity contribution in [1.82, 2.24) is 14.9 Å². The minimum atomic E-state index is -0.0438. The molecule has 1 aromatic carbocycles. The highest BCUT2D eigenvalue weighted by molar-refractivity contribution is 8.00. The van der Waals surface area contributed by atoms with Crippen molar-refractivity contribution in [2.45, 2.75) is 26.0 Å². The molecule has 0 fully saturated rings. The summed E-state index contributed by atoms with van der Waals surface area (Å²) in [4.78, 5) is 12.3. The van der Waals surface area contributed by atoms with Crippen molar-refractivity contribution in [2.75, 3.05) is 11.1 Å². The molecule has 0 radical (unpaired) electrons. The van der Waals surface area contributed by atoms with Crippen molar-refractivity contribution in [1.29, 1.82) is 0 Å². The molecule has 1 aliphatic rings. The van der Waals surface area contributed by atoms with Crippen LogP contribution in [0, 0.1) is 20.8 Å². The normalized spacial score (nSPS) is 17.1. The van der Waals surface area contributed by atoms with Gasteiger partial charge in [-0.05, 0) is 32.9 Å². The molecule has 0 unspecified atom stereocenters. The van der Waals surface area contributed by atoms with Crippen molar-refractivity contribution in [3.8, 4) is 5.69 Å². The van der Waals surface area contributed by atoms with E-state index < -0.39 is 0 Å². The fraction of sp³-hybridized carbons (Fsp3) is 0.278. The maximum atomic E-state index is 12.3. The summed E-state index contributed by atoms with van der Waals surface area (Å²) in [6.45, 7) is 5.82. The Bertz CT molecular complexity index is 926. The van der Waals surface area contributed by atoms with E-state index in [0.29, 0.717) is 5.75 Å². The highest BCUT2D eigenvalue weighted by Gasteiger charge is 2.33. The van der Waals surface area contributed by atoms with Crippen molar-refractivity contribution < 1.29 is 9.32 Å². The van der Waals surface area contributed by atoms with Crippen LogP contribution in [-0.2, 0) is 4.79 Å². The average molecular weight is 354 g/mol. The highest BCUT2D eigenvalue weighted by atomic mass is 32.2. The smallest absolute Gasteiger partial charge is 0.235 e. The number of aromatic nitrogens is 3. The number of nitrogens with zero attached hydrogens (tertiary/aromatic N) is 3. The second-order valence-corrected chi connectivity index (χ2v) is 7.17. The van der Waals surface area contributed by atoms with Crippen molar-refractivity contribution in [2.24, 2.45) is 0 Å². The predicted molar refractivity (Wildman–Crippen MR) is 97.2 cm³/mol. The minimum absolute atomic E-state index is 0.0300. The number of hydrogen-bond acceptors (Lipinski definition) is 5. The minimum Gasteiger partial charge on any atom is -0.361 e. The lowest BCUT2D eigenvalue weighted by Crippen LogP contribution is -2.15. The van der Waals surface area contributed by atoms with Gasteiger partial charge < -0.3 is 9.84 Å². The van der Waals surface area contributed by atoms with Gasteiger partial charge in [0.1, 0.15) is 11.6 Å². The Balaban J connectivity index is 1.94. The standard InChI is InChI=1S/C18H18N4O2S/c1-10-16-17(15-11(2)21-24-12(15)3)25-9-14(23)19-18(16)22(20-10)13-7-5-4-6-8-13/h4-8,17H,9H2,1-3H3,(H,19,23)/t17-/m1/s1. The van der Waals surface area contributed by atoms with Crippen LogP contribution >= 0.6 is 11.8 Å². The summed E-state index contributed by atoms with van der Waals surface area (Å²) in [6.07, 6.45) is 0. The lowest BCUT2D eigenvalue weighted by Gasteiger charge is -2.14. The SMILES string of the molecule is Cc1noc(C)c1[C@H]1SCC(=O)Nc2c1c(C)nn2-c1ccccc1. The van der Waals surface area contributed by atoms with Gasteiger partial charge in [0.05, 0.1) is 28.1 Å². The van der Waals surface area contributed by atoms with Gasteiger partial charge in [-0.15, -0.1) is 11.8 Å². The summed E-state index contributed by atoms with van der Waals surface area (Å²) >= 11 is 1.58. The van der Waals surface area contributed by atoms with E-state index in [-0.39, 0.29) is 11.2 Å². The quantitative estimate of drug-likeness (QED) is 0.762. The van der Waals surface area contributed by atoms with Crippen molar-refractivity contribution >= 4 is 23.5 Å². The van der Waals surface area contributed by atoms with Crippen LogP contribution < -0.4 is 5.32 Å². The Hall–Kier alpha value is -2.54. The van der Waals surface area contributed by atoms with E-state index in [0.717, 1.165) is 39.8 Å². The summed E-state index contributed by atoms with van der Waals surface area (Å²) in [5.41, 5.74) is 4.69. The molecule has 6 nitrogen and oxygen atoms in total. The number of rotatable bonds is 2. The van der Waals surface area contributed by atoms with E-state index in [2.05, 4.69) is 10.5 Å². The zero-order valence-electron chi connectivity index (χ0n) is 14.2. The van der Waals surface area contributed by atoms with Gasteiger partial charge in [0.15, 0.2) is 0 Å². The van der Waals surface area contributed by atoms with Gasteiger partial charge in [-0.2, -0.15) is 5.10 Å². The van der Waals surface area contributed by atoms with Gasteiger partial charge in [-0.3, -0.25) is 4.79 Å². The van der Waals surface area contributed by atoms with Crippen molar-refractivity contribution in [3.05, 3.63) is 58.6 Å². The second-order valence-electron chi connectivity index (χ2n) is 6.07. The molecule has 0 saturated heterocycles. The first kappa shape index (κ1) is 16.0. The lowest BCUT2D eigenvalue weighted by molar-refractivity contribution is -0.113. The summed E-state index contributed by atoms with van der Waals surface area (Å²) in [5.74, 6) is 1.85. The zero-order valence-corrected chi connectivity index (χ0v) is 15.1. The molecule has 25 heavy (non-hydrogen) atoms. The number of para-hydroxylation sites is 1. The van der Waals surface area contributed by atoms with Crippen LogP contribution in [-0.4, -0.2) is 26.6 Å². The zero-order chi connectivity index (χ0) is 17.6. The summed E-state index contributed by atoms with van der Waals surface area (Å²) in [5, 5.41) is 11.8. The molecule has 4 rings (SSSR count). The number of anilines is 1. The predicted octanol–water partition coefficient (Wildman–Crippen LogP) is 3.56. The van der Waals surface area contributed by atoms with Crippen LogP contribution in [0.15, 0.2) is 34.9 Å². The maximum Gasteiger partial charge on any atom is 0.235 e. The molecule has 0 saturated carbocycles. The molecule has 1 atom stereocenters. The van der Waals surface area contributed by atoms with Crippen LogP contribution in [0.5, 0.6) is 0 Å². The first-order valence-corrected chi connectivity index (χ1v) is 9.10. The molecule has 7 heteroatoms. The van der Waals surface area contributed by atoms with Crippen molar-refractivity contribution in [3.63, 3.8) is 0 Å². The molecule has 0 spiro atoms. The van der Waals surface area contributed by atoms with Crippen LogP contribution in [0.1, 0.15) is 33.5 Å². The molecular formula is C18H18N4O2S. The number of thioether (sulfide) groups is 1. The molecule has 128 valence electrons. The number of benzene rings is 1. The fourth-order valence-corrected chi connectivity index (χ4v) is 4.57. The van der Waals surface area contributed by atoms with E-state index in [1.165, 1.54) is 0 Å². The topological polar surface area (TPSA) is 73.0 Å². The number of nitrogens with one attached hydrogen (secondary N) is 1. The number of fused-ring (bicyclic) bond motifs is 1. The van der Waals surface area contributed by atoms with Gasteiger partial charge >= 0.3 is 0 Å². The molecule has 1 amide bonds. The number of amides is 1. The molecule has 1 N–H and O–H groups in total. The van der Waals surface area contributed by atoms with Gasteiger partial charge in [0, 0.05) is 11.1 Å². The molecule has 1 aliphatic heterocycles. The third kappa shape index (κ3) is 2.64. The molecule has 0 aliphatic carbocycles. The third-order valence-electron chi connectivity index (χ3n) is 4.36. The summed E-state index contributed by atoms with van der Waals surface area (Å²) in [6, 6.07) is 9.82. The van der Waals surface area contributed by atoms with Crippen LogP contribution in [0.2, 0.25) is 0 Å². The first-order chi connectivity index (χ1) is 12.1. The Morgan fingerprint density at radius 3 is 2.60 bits per heavy atom. The van der Waals surface area contributed by atoms with E-state index in [1.54, 1.807) is 16.4 Å². The molecular weight excluding hydrogens is 336 g/mol. The van der Waals surface area contributed by atoms with E-state index in [4.69, 9.17) is 9.62 Å². The molecule has 3 heterocycles. The van der Waals surface area contributed by atoms with Crippen LogP contribution in [0.3, 0.4) is 0 Å². The van der Waals surface area contributed by atoms with Gasteiger partial charge in [-0.1, -0.05) is 23.4 Å². The second kappa shape index (κ2) is 6.07. The van der Waals surface area contributed by atoms with Crippen LogP contribution in [0.4, 0.5) is 5.82 Å². The largest absolute Gasteiger partial charge is 0.361 e. The summed E-state index contributed by atoms with van der Waals surface area (Å²) < 4.78 is 7.17. The Morgan fingerprint density at radius 2 is 1.92 bits per heavy atom. The van der Waals surface area contributed by atoms with Gasteiger partial charge in [0.2, 0.25) is 5.91 Å². The summed E-state index contributed by atoms with van der Waals surface area (Å²) in [7, 11) is 0. The van der Waals surface area contributed by atoms with E-state index in [1.807, 2.05) is 51.1 Å². The monoisotopic (exact) mass is 354 g/mol. The number of aryl methyl sites for hydroxylation is 3. The molecule has 3 aromatic rings. The Labute approximate surface area is 149 Å². The first-order valence-electron chi connectivity index (χ1n) is 8.05. The van der Waals surface area contributed by atoms with Gasteiger partial charge in [0.25, 0.3) is 0 Å². The maximum absolute atomic E-state index is 12.3. The van der Waals surface area contributed by atoms with E-state index in [9.17, 15) is 4.79 Å². The highest BCUT2D eigenvalue weighted by Crippen LogP contribution is 2.45. The number of carbonyl (C=O) groups is 1. The molecule has 2 aromatic heterocycles. The van der Waals surface area contributed by atoms with E-state index >= 15 is 0 Å². The number of hydrogen-bond donors (Lipinski definition) is 1. The molecule has 0 bridgehead atoms. The van der Waals surface area contributed by atoms with Crippen LogP contribution in [0.25, 0.3) is 5.69 Å². The Morgan fingerprint density at radius 1 is 1.16 bits per heavy atom. The average Bonchev–Trinajstić information content (AvgIpc) is 3.04. The Kier molecular flexibility index (Phi) is 3.88. The van der Waals surface area contributed by atoms with Gasteiger partial charge in [-0.25, -0.2) is 4.68 Å². The lowest BCUT2D eigenvalue weighted by atomic mass is 10.0.